The maximum atomic E-state index is 12.2. The van der Waals surface area contributed by atoms with Gasteiger partial charge in [-0.15, -0.1) is 0 Å². The molecule has 1 aromatic carbocycles. The van der Waals surface area contributed by atoms with Gasteiger partial charge in [-0.25, -0.2) is 13.4 Å². The lowest BCUT2D eigenvalue weighted by molar-refractivity contribution is 0.601. The van der Waals surface area contributed by atoms with Crippen LogP contribution < -0.4 is 4.72 Å². The second kappa shape index (κ2) is 5.48. The average Bonchev–Trinajstić information content (AvgIpc) is 2.34. The van der Waals surface area contributed by atoms with Gasteiger partial charge in [0, 0.05) is 10.7 Å². The van der Waals surface area contributed by atoms with Gasteiger partial charge in [-0.2, -0.15) is 0 Å². The highest BCUT2D eigenvalue weighted by atomic mass is 79.9. The molecule has 1 N–H and O–H groups in total. The number of nitrogens with zero attached hydrogens (tertiary/aromatic N) is 1. The molecular weight excluding hydrogens is 352 g/mol. The fourth-order valence-electron chi connectivity index (χ4n) is 1.43. The predicted octanol–water partition coefficient (Wildman–Crippen LogP) is 3.61. The maximum Gasteiger partial charge on any atom is 0.263 e. The smallest absolute Gasteiger partial charge is 0.263 e. The summed E-state index contributed by atoms with van der Waals surface area (Å²) in [5, 5.41) is 0.248. The monoisotopic (exact) mass is 360 g/mol. The molecule has 0 aliphatic rings. The first-order valence-electron chi connectivity index (χ1n) is 5.29. The van der Waals surface area contributed by atoms with E-state index in [1.807, 2.05) is 19.1 Å². The van der Waals surface area contributed by atoms with Crippen LogP contribution in [0, 0.1) is 6.92 Å². The molecule has 0 radical (unpaired) electrons. The first kappa shape index (κ1) is 14.3. The Balaban J connectivity index is 2.36. The van der Waals surface area contributed by atoms with Gasteiger partial charge >= 0.3 is 0 Å². The highest BCUT2D eigenvalue weighted by molar-refractivity contribution is 9.10. The summed E-state index contributed by atoms with van der Waals surface area (Å²) in [5.74, 6) is 0. The third kappa shape index (κ3) is 3.46. The van der Waals surface area contributed by atoms with E-state index in [4.69, 9.17) is 11.6 Å². The summed E-state index contributed by atoms with van der Waals surface area (Å²) in [6.07, 6.45) is 1.22. The number of hydrogen-bond acceptors (Lipinski definition) is 3. The Morgan fingerprint density at radius 2 is 2.00 bits per heavy atom. The molecule has 0 spiro atoms. The summed E-state index contributed by atoms with van der Waals surface area (Å²) in [5.41, 5.74) is 1.35. The van der Waals surface area contributed by atoms with Gasteiger partial charge in [-0.05, 0) is 36.8 Å². The van der Waals surface area contributed by atoms with E-state index in [-0.39, 0.29) is 10.0 Å². The van der Waals surface area contributed by atoms with Crippen molar-refractivity contribution in [3.63, 3.8) is 0 Å². The highest BCUT2D eigenvalue weighted by Crippen LogP contribution is 2.23. The molecule has 0 aliphatic carbocycles. The van der Waals surface area contributed by atoms with Gasteiger partial charge in [0.1, 0.15) is 10.0 Å². The fourth-order valence-corrected chi connectivity index (χ4v) is 2.97. The van der Waals surface area contributed by atoms with E-state index < -0.39 is 10.0 Å². The van der Waals surface area contributed by atoms with Crippen molar-refractivity contribution in [2.24, 2.45) is 0 Å². The molecule has 0 fully saturated rings. The molecule has 1 aromatic heterocycles. The summed E-state index contributed by atoms with van der Waals surface area (Å²) in [7, 11) is -3.66. The first-order valence-corrected chi connectivity index (χ1v) is 7.94. The second-order valence-corrected chi connectivity index (χ2v) is 6.87. The highest BCUT2D eigenvalue weighted by Gasteiger charge is 2.15. The number of nitrogens with one attached hydrogen (secondary N) is 1. The number of pyridine rings is 1. The van der Waals surface area contributed by atoms with Crippen LogP contribution in [0.1, 0.15) is 5.56 Å². The third-order valence-corrected chi connectivity index (χ3v) is 4.52. The number of aromatic nitrogens is 1. The molecule has 0 saturated heterocycles. The molecule has 100 valence electrons. The molecule has 2 aromatic rings. The van der Waals surface area contributed by atoms with E-state index in [0.717, 1.165) is 10.0 Å². The van der Waals surface area contributed by atoms with Gasteiger partial charge in [0.25, 0.3) is 10.0 Å². The number of halogens is 2. The molecule has 1 heterocycles. The van der Waals surface area contributed by atoms with Crippen LogP contribution >= 0.6 is 27.5 Å². The minimum atomic E-state index is -3.66. The zero-order valence-electron chi connectivity index (χ0n) is 9.89. The molecule has 4 nitrogen and oxygen atoms in total. The molecule has 0 aliphatic heterocycles. The van der Waals surface area contributed by atoms with Gasteiger partial charge < -0.3 is 0 Å². The van der Waals surface area contributed by atoms with Gasteiger partial charge in [-0.1, -0.05) is 33.6 Å². The predicted molar refractivity (Wildman–Crippen MR) is 78.9 cm³/mol. The lowest BCUT2D eigenvalue weighted by Gasteiger charge is -2.10. The van der Waals surface area contributed by atoms with Gasteiger partial charge in [0.2, 0.25) is 0 Å². The Hall–Kier alpha value is -1.11. The van der Waals surface area contributed by atoms with Gasteiger partial charge in [-0.3, -0.25) is 4.72 Å². The lowest BCUT2D eigenvalue weighted by atomic mass is 10.2. The second-order valence-electron chi connectivity index (χ2n) is 3.88. The SMILES string of the molecule is Cc1ccc(Br)cc1NS(=O)(=O)c1ccc(Cl)nc1. The van der Waals surface area contributed by atoms with E-state index in [9.17, 15) is 8.42 Å². The number of anilines is 1. The quantitative estimate of drug-likeness (QED) is 0.850. The van der Waals surface area contributed by atoms with Crippen LogP contribution in [0.15, 0.2) is 45.9 Å². The molecule has 0 amide bonds. The van der Waals surface area contributed by atoms with Gasteiger partial charge in [0.15, 0.2) is 0 Å². The summed E-state index contributed by atoms with van der Waals surface area (Å²) in [6, 6.07) is 8.21. The van der Waals surface area contributed by atoms with Crippen LogP contribution in [0.3, 0.4) is 0 Å². The number of benzene rings is 1. The molecule has 0 bridgehead atoms. The van der Waals surface area contributed by atoms with Crippen molar-refractivity contribution in [3.8, 4) is 0 Å². The van der Waals surface area contributed by atoms with E-state index in [0.29, 0.717) is 5.69 Å². The summed E-state index contributed by atoms with van der Waals surface area (Å²) >= 11 is 8.94. The molecular formula is C12H10BrClN2O2S. The van der Waals surface area contributed by atoms with E-state index in [1.165, 1.54) is 18.3 Å². The Bertz CT molecular complexity index is 702. The normalized spacial score (nSPS) is 11.3. The number of aryl methyl sites for hydroxylation is 1. The molecule has 0 saturated carbocycles. The maximum absolute atomic E-state index is 12.2. The van der Waals surface area contributed by atoms with Crippen molar-refractivity contribution >= 4 is 43.2 Å². The van der Waals surface area contributed by atoms with Crippen molar-refractivity contribution in [2.75, 3.05) is 4.72 Å². The average molecular weight is 362 g/mol. The summed E-state index contributed by atoms with van der Waals surface area (Å²) < 4.78 is 27.7. The molecule has 0 unspecified atom stereocenters. The molecule has 0 atom stereocenters. The minimum Gasteiger partial charge on any atom is -0.279 e. The largest absolute Gasteiger partial charge is 0.279 e. The lowest BCUT2D eigenvalue weighted by Crippen LogP contribution is -2.14. The first-order chi connectivity index (χ1) is 8.88. The minimum absolute atomic E-state index is 0.0660. The van der Waals surface area contributed by atoms with E-state index in [1.54, 1.807) is 6.07 Å². The van der Waals surface area contributed by atoms with Crippen molar-refractivity contribution in [1.29, 1.82) is 0 Å². The Morgan fingerprint density at radius 3 is 2.63 bits per heavy atom. The van der Waals surface area contributed by atoms with E-state index in [2.05, 4.69) is 25.6 Å². The van der Waals surface area contributed by atoms with Crippen LogP contribution in [-0.2, 0) is 10.0 Å². The number of hydrogen-bond donors (Lipinski definition) is 1. The fraction of sp³-hybridized carbons (Fsp3) is 0.0833. The van der Waals surface area contributed by atoms with Crippen molar-refractivity contribution in [3.05, 3.63) is 51.7 Å². The number of sulfonamides is 1. The Labute approximate surface area is 125 Å². The van der Waals surface area contributed by atoms with Crippen molar-refractivity contribution < 1.29 is 8.42 Å². The molecule has 7 heteroatoms. The van der Waals surface area contributed by atoms with Crippen LogP contribution in [0.2, 0.25) is 5.15 Å². The zero-order valence-corrected chi connectivity index (χ0v) is 13.1. The van der Waals surface area contributed by atoms with Crippen molar-refractivity contribution in [2.45, 2.75) is 11.8 Å². The van der Waals surface area contributed by atoms with Gasteiger partial charge in [0.05, 0.1) is 5.69 Å². The molecule has 19 heavy (non-hydrogen) atoms. The van der Waals surface area contributed by atoms with Crippen LogP contribution in [-0.4, -0.2) is 13.4 Å². The van der Waals surface area contributed by atoms with Crippen LogP contribution in [0.5, 0.6) is 0 Å². The standard InChI is InChI=1S/C12H10BrClN2O2S/c1-8-2-3-9(13)6-11(8)16-19(17,18)10-4-5-12(14)15-7-10/h2-7,16H,1H3. The summed E-state index contributed by atoms with van der Waals surface area (Å²) in [6.45, 7) is 1.82. The topological polar surface area (TPSA) is 59.1 Å². The molecule has 2 rings (SSSR count). The number of rotatable bonds is 3. The Kier molecular flexibility index (Phi) is 4.13. The Morgan fingerprint density at radius 1 is 1.26 bits per heavy atom. The van der Waals surface area contributed by atoms with Crippen molar-refractivity contribution in [1.82, 2.24) is 4.98 Å². The van der Waals surface area contributed by atoms with E-state index >= 15 is 0 Å². The zero-order chi connectivity index (χ0) is 14.0. The van der Waals surface area contributed by atoms with Crippen LogP contribution in [0.4, 0.5) is 5.69 Å². The third-order valence-electron chi connectivity index (χ3n) is 2.45. The summed E-state index contributed by atoms with van der Waals surface area (Å²) in [4.78, 5) is 3.83. The van der Waals surface area contributed by atoms with Crippen LogP contribution in [0.25, 0.3) is 0 Å².